The lowest BCUT2D eigenvalue weighted by Crippen LogP contribution is -2.32. The third-order valence-corrected chi connectivity index (χ3v) is 9.05. The first-order valence-electron chi connectivity index (χ1n) is 15.9. The van der Waals surface area contributed by atoms with Crippen LogP contribution in [-0.2, 0) is 13.2 Å². The minimum absolute atomic E-state index is 0.192. The van der Waals surface area contributed by atoms with E-state index in [1.165, 1.54) is 61.8 Å². The number of benzene rings is 3. The van der Waals surface area contributed by atoms with Crippen LogP contribution in [-0.4, -0.2) is 48.2 Å². The molecule has 1 aromatic heterocycles. The van der Waals surface area contributed by atoms with Crippen molar-refractivity contribution < 1.29 is 9.53 Å². The van der Waals surface area contributed by atoms with Gasteiger partial charge in [0.2, 0.25) is 0 Å². The summed E-state index contributed by atoms with van der Waals surface area (Å²) in [5.41, 5.74) is 6.25. The summed E-state index contributed by atoms with van der Waals surface area (Å²) in [7, 11) is 0. The van der Waals surface area contributed by atoms with Crippen molar-refractivity contribution in [1.29, 1.82) is 0 Å². The Kier molecular flexibility index (Phi) is 9.56. The Labute approximate surface area is 255 Å². The van der Waals surface area contributed by atoms with Gasteiger partial charge in [0, 0.05) is 41.9 Å². The molecule has 6 nitrogen and oxygen atoms in total. The minimum atomic E-state index is -0.192. The number of nitrogens with one attached hydrogen (secondary N) is 1. The summed E-state index contributed by atoms with van der Waals surface area (Å²) in [5.74, 6) is 2.03. The Hall–Kier alpha value is -3.87. The molecule has 2 fully saturated rings. The molecule has 222 valence electrons. The van der Waals surface area contributed by atoms with Crippen LogP contribution in [0.4, 0.5) is 0 Å². The van der Waals surface area contributed by atoms with E-state index in [0.717, 1.165) is 42.2 Å². The number of ether oxygens (including phenoxy) is 1. The van der Waals surface area contributed by atoms with Gasteiger partial charge in [0.15, 0.2) is 0 Å². The average molecular weight is 575 g/mol. The van der Waals surface area contributed by atoms with Gasteiger partial charge >= 0.3 is 0 Å². The average Bonchev–Trinajstić information content (AvgIpc) is 3.46. The third kappa shape index (κ3) is 7.38. The molecule has 0 radical (unpaired) electrons. The van der Waals surface area contributed by atoms with Crippen LogP contribution in [0.15, 0.2) is 83.9 Å². The fraction of sp³-hybridized carbons (Fsp3) is 0.378. The summed E-state index contributed by atoms with van der Waals surface area (Å²) in [6.07, 6.45) is 8.09. The number of carbonyl (C=O) groups is 1. The molecule has 3 aliphatic rings. The number of piperidine rings is 2. The topological polar surface area (TPSA) is 66.8 Å². The summed E-state index contributed by atoms with van der Waals surface area (Å²) in [6, 6.07) is 26.9. The largest absolute Gasteiger partial charge is 0.488 e. The molecule has 0 saturated carbocycles. The number of nitrogens with zero attached hydrogens (tertiary/aromatic N) is 3. The van der Waals surface area contributed by atoms with E-state index in [4.69, 9.17) is 9.72 Å². The molecule has 43 heavy (non-hydrogen) atoms. The zero-order valence-electron chi connectivity index (χ0n) is 25.2. The summed E-state index contributed by atoms with van der Waals surface area (Å²) in [5, 5.41) is 4.67. The maximum atomic E-state index is 11.7. The van der Waals surface area contributed by atoms with Crippen LogP contribution in [0.5, 0.6) is 5.75 Å². The summed E-state index contributed by atoms with van der Waals surface area (Å²) in [6.45, 7) is 8.47. The number of para-hydroxylation sites is 1. The molecule has 6 heteroatoms. The molecule has 4 heterocycles. The Morgan fingerprint density at radius 3 is 2.51 bits per heavy atom. The van der Waals surface area contributed by atoms with Gasteiger partial charge < -0.3 is 10.1 Å². The van der Waals surface area contributed by atoms with Gasteiger partial charge in [0.25, 0.3) is 5.91 Å². The molecule has 7 rings (SSSR count). The number of pyridine rings is 1. The van der Waals surface area contributed by atoms with Crippen LogP contribution >= 0.6 is 0 Å². The highest BCUT2D eigenvalue weighted by Crippen LogP contribution is 2.27. The van der Waals surface area contributed by atoms with Gasteiger partial charge in [-0.25, -0.2) is 4.99 Å². The van der Waals surface area contributed by atoms with Crippen molar-refractivity contribution in [2.24, 2.45) is 10.9 Å². The maximum absolute atomic E-state index is 11.7. The third-order valence-electron chi connectivity index (χ3n) is 9.05. The van der Waals surface area contributed by atoms with Crippen molar-refractivity contribution >= 4 is 23.0 Å². The van der Waals surface area contributed by atoms with Gasteiger partial charge in [-0.3, -0.25) is 14.7 Å². The number of amides is 1. The van der Waals surface area contributed by atoms with E-state index < -0.39 is 0 Å². The van der Waals surface area contributed by atoms with Crippen LogP contribution in [0.2, 0.25) is 0 Å². The summed E-state index contributed by atoms with van der Waals surface area (Å²) < 4.78 is 5.94. The van der Waals surface area contributed by atoms with E-state index in [9.17, 15) is 4.79 Å². The Bertz CT molecular complexity index is 1550. The molecule has 1 N–H and O–H groups in total. The quantitative estimate of drug-likeness (QED) is 0.254. The number of carbonyl (C=O) groups excluding carboxylic acids is 1. The fourth-order valence-electron chi connectivity index (χ4n) is 6.31. The molecule has 1 amide bonds. The predicted octanol–water partition coefficient (Wildman–Crippen LogP) is 7.16. The number of rotatable bonds is 7. The van der Waals surface area contributed by atoms with E-state index in [-0.39, 0.29) is 5.91 Å². The first-order valence-corrected chi connectivity index (χ1v) is 15.9. The number of fused-ring (bicyclic) bond motifs is 2. The minimum Gasteiger partial charge on any atom is -0.488 e. The molecule has 0 bridgehead atoms. The second-order valence-corrected chi connectivity index (χ2v) is 12.0. The Morgan fingerprint density at radius 2 is 1.72 bits per heavy atom. The molecule has 0 aliphatic carbocycles. The van der Waals surface area contributed by atoms with Crippen molar-refractivity contribution in [2.75, 3.05) is 26.2 Å². The number of likely N-dealkylation sites (tertiary alicyclic amines) is 1. The number of aliphatic imine (C=N–C) groups is 1. The van der Waals surface area contributed by atoms with Gasteiger partial charge in [0.05, 0.1) is 11.1 Å². The van der Waals surface area contributed by atoms with Crippen molar-refractivity contribution in [3.63, 3.8) is 0 Å². The molecule has 3 aromatic carbocycles. The van der Waals surface area contributed by atoms with E-state index in [1.54, 1.807) is 12.3 Å². The molecule has 3 aliphatic heterocycles. The number of hydrogen-bond donors (Lipinski definition) is 1. The Morgan fingerprint density at radius 1 is 0.907 bits per heavy atom. The monoisotopic (exact) mass is 574 g/mol. The lowest BCUT2D eigenvalue weighted by atomic mass is 9.94. The van der Waals surface area contributed by atoms with Crippen LogP contribution in [0.1, 0.15) is 77.7 Å². The number of hydrogen-bond acceptors (Lipinski definition) is 5. The fourth-order valence-corrected chi connectivity index (χ4v) is 6.31. The van der Waals surface area contributed by atoms with Gasteiger partial charge in [-0.2, -0.15) is 0 Å². The van der Waals surface area contributed by atoms with Crippen LogP contribution in [0.25, 0.3) is 10.9 Å². The van der Waals surface area contributed by atoms with Crippen LogP contribution in [0.3, 0.4) is 0 Å². The maximum Gasteiger partial charge on any atom is 0.277 e. The number of aromatic nitrogens is 1. The SMILES string of the molecule is CCC1CCN(Cc2ccc(COc3cccc4c3C=NC4=O)cc2)CC1.c1ccc2nc(C3CCCNC3)ccc2c1. The normalized spacial score (nSPS) is 18.7. The molecular formula is C37H42N4O2. The van der Waals surface area contributed by atoms with Crippen LogP contribution < -0.4 is 10.1 Å². The zero-order valence-corrected chi connectivity index (χ0v) is 25.2. The first kappa shape index (κ1) is 29.2. The van der Waals surface area contributed by atoms with E-state index >= 15 is 0 Å². The second-order valence-electron chi connectivity index (χ2n) is 12.0. The predicted molar refractivity (Wildman–Crippen MR) is 174 cm³/mol. The molecular weight excluding hydrogens is 532 g/mol. The summed E-state index contributed by atoms with van der Waals surface area (Å²) >= 11 is 0. The van der Waals surface area contributed by atoms with Gasteiger partial charge in [0.1, 0.15) is 12.4 Å². The van der Waals surface area contributed by atoms with Crippen molar-refractivity contribution in [3.05, 3.63) is 107 Å². The first-order chi connectivity index (χ1) is 21.2. The standard InChI is InChI=1S/C23H26N2O2.C14H16N2/c1-2-17-10-12-25(13-11-17)15-18-6-8-19(9-7-18)16-27-22-5-3-4-20-21(22)14-24-23(20)26;1-2-6-13-11(4-1)7-8-14(16-13)12-5-3-9-15-10-12/h3-9,14,17H,2,10-13,15-16H2,1H3;1-2,4,6-8,12,15H,3,5,9-10H2. The lowest BCUT2D eigenvalue weighted by Gasteiger charge is -2.31. The highest BCUT2D eigenvalue weighted by atomic mass is 16.5. The van der Waals surface area contributed by atoms with Gasteiger partial charge in [-0.1, -0.05) is 67.9 Å². The molecule has 2 saturated heterocycles. The molecule has 1 unspecified atom stereocenters. The lowest BCUT2D eigenvalue weighted by molar-refractivity contribution is 0.101. The highest BCUT2D eigenvalue weighted by Gasteiger charge is 2.20. The Balaban J connectivity index is 0.000000174. The van der Waals surface area contributed by atoms with Crippen molar-refractivity contribution in [1.82, 2.24) is 15.2 Å². The van der Waals surface area contributed by atoms with Gasteiger partial charge in [-0.05, 0) is 86.6 Å². The van der Waals surface area contributed by atoms with E-state index in [2.05, 4.69) is 82.8 Å². The highest BCUT2D eigenvalue weighted by molar-refractivity contribution is 6.14. The zero-order chi connectivity index (χ0) is 29.4. The summed E-state index contributed by atoms with van der Waals surface area (Å²) in [4.78, 5) is 22.8. The van der Waals surface area contributed by atoms with Crippen molar-refractivity contribution in [3.8, 4) is 5.75 Å². The van der Waals surface area contributed by atoms with E-state index in [0.29, 0.717) is 23.8 Å². The van der Waals surface area contributed by atoms with E-state index in [1.807, 2.05) is 12.1 Å². The molecule has 0 spiro atoms. The smallest absolute Gasteiger partial charge is 0.277 e. The molecule has 1 atom stereocenters. The van der Waals surface area contributed by atoms with Gasteiger partial charge in [-0.15, -0.1) is 0 Å². The second kappa shape index (κ2) is 14.1. The van der Waals surface area contributed by atoms with Crippen molar-refractivity contribution in [2.45, 2.75) is 58.1 Å². The van der Waals surface area contributed by atoms with Crippen LogP contribution in [0, 0.1) is 5.92 Å². The molecule has 4 aromatic rings.